The summed E-state index contributed by atoms with van der Waals surface area (Å²) >= 11 is 0. The van der Waals surface area contributed by atoms with Crippen LogP contribution >= 0.6 is 0 Å². The van der Waals surface area contributed by atoms with Crippen molar-refractivity contribution in [3.63, 3.8) is 0 Å². The topological polar surface area (TPSA) is 86.7 Å². The molecule has 2 unspecified atom stereocenters. The van der Waals surface area contributed by atoms with Crippen molar-refractivity contribution in [2.45, 2.75) is 58.2 Å². The number of carbonyl (C=O) groups is 1. The van der Waals surface area contributed by atoms with Crippen LogP contribution in [0.3, 0.4) is 0 Å². The highest BCUT2D eigenvalue weighted by atomic mass is 32.2. The summed E-state index contributed by atoms with van der Waals surface area (Å²) in [4.78, 5) is 14.7. The third-order valence-corrected chi connectivity index (χ3v) is 5.92. The van der Waals surface area contributed by atoms with Gasteiger partial charge in [-0.05, 0) is 57.2 Å². The molecule has 25 heavy (non-hydrogen) atoms. The number of hydrogen-bond donors (Lipinski definition) is 2. The predicted octanol–water partition coefficient (Wildman–Crippen LogP) is 1.89. The van der Waals surface area contributed by atoms with Gasteiger partial charge in [0, 0.05) is 24.7 Å². The molecule has 1 amide bonds. The number of amides is 1. The smallest absolute Gasteiger partial charge is 0.254 e. The van der Waals surface area contributed by atoms with Crippen LogP contribution in [0.25, 0.3) is 0 Å². The molecule has 0 radical (unpaired) electrons. The van der Waals surface area contributed by atoms with E-state index in [2.05, 4.69) is 4.72 Å². The molecule has 0 spiro atoms. The average molecular weight is 368 g/mol. The second-order valence-electron chi connectivity index (χ2n) is 6.65. The monoisotopic (exact) mass is 368 g/mol. The van der Waals surface area contributed by atoms with E-state index in [0.717, 1.165) is 24.8 Å². The zero-order valence-electron chi connectivity index (χ0n) is 14.9. The molecule has 140 valence electrons. The van der Waals surface area contributed by atoms with Crippen molar-refractivity contribution >= 4 is 15.9 Å². The van der Waals surface area contributed by atoms with E-state index in [0.29, 0.717) is 18.5 Å². The first-order valence-electron chi connectivity index (χ1n) is 8.87. The molecule has 1 heterocycles. The van der Waals surface area contributed by atoms with E-state index < -0.39 is 16.1 Å². The predicted molar refractivity (Wildman–Crippen MR) is 97.7 cm³/mol. The van der Waals surface area contributed by atoms with E-state index in [1.54, 1.807) is 38.1 Å². The zero-order chi connectivity index (χ0) is 18.4. The van der Waals surface area contributed by atoms with E-state index in [1.807, 2.05) is 4.90 Å². The van der Waals surface area contributed by atoms with Gasteiger partial charge in [-0.3, -0.25) is 4.79 Å². The fraction of sp³-hybridized carbons (Fsp3) is 0.611. The Bertz CT molecular complexity index is 671. The van der Waals surface area contributed by atoms with Gasteiger partial charge in [0.2, 0.25) is 10.0 Å². The molecule has 1 aliphatic rings. The van der Waals surface area contributed by atoms with Gasteiger partial charge < -0.3 is 10.0 Å². The minimum absolute atomic E-state index is 0.0222. The Kier molecular flexibility index (Phi) is 6.98. The summed E-state index contributed by atoms with van der Waals surface area (Å²) in [6, 6.07) is 7.12. The number of nitrogens with zero attached hydrogens (tertiary/aromatic N) is 1. The molecular weight excluding hydrogens is 340 g/mol. The molecule has 1 aromatic carbocycles. The molecule has 0 saturated carbocycles. The van der Waals surface area contributed by atoms with Crippen LogP contribution in [0.2, 0.25) is 0 Å². The summed E-state index contributed by atoms with van der Waals surface area (Å²) in [6.07, 6.45) is 3.17. The molecular formula is C18H28N2O4S. The van der Waals surface area contributed by atoms with Gasteiger partial charge in [0.25, 0.3) is 5.91 Å². The molecule has 2 atom stereocenters. The van der Waals surface area contributed by atoms with Crippen LogP contribution < -0.4 is 4.72 Å². The number of hydrogen-bond acceptors (Lipinski definition) is 4. The number of piperidine rings is 1. The lowest BCUT2D eigenvalue weighted by Crippen LogP contribution is -2.45. The molecule has 1 aromatic rings. The summed E-state index contributed by atoms with van der Waals surface area (Å²) in [7, 11) is -3.23. The van der Waals surface area contributed by atoms with Gasteiger partial charge in [-0.15, -0.1) is 0 Å². The molecule has 2 rings (SSSR count). The third kappa shape index (κ3) is 5.80. The van der Waals surface area contributed by atoms with Crippen molar-refractivity contribution in [3.05, 3.63) is 35.4 Å². The second kappa shape index (κ2) is 8.78. The SMILES string of the molecule is CCS(=O)(=O)NCc1ccc(C(=O)N2CCCCC2CC(C)O)cc1. The minimum atomic E-state index is -3.23. The highest BCUT2D eigenvalue weighted by molar-refractivity contribution is 7.89. The Morgan fingerprint density at radius 3 is 2.60 bits per heavy atom. The van der Waals surface area contributed by atoms with Gasteiger partial charge in [0.05, 0.1) is 11.9 Å². The van der Waals surface area contributed by atoms with Gasteiger partial charge in [0.15, 0.2) is 0 Å². The normalized spacial score (nSPS) is 19.6. The number of benzene rings is 1. The highest BCUT2D eigenvalue weighted by Crippen LogP contribution is 2.23. The van der Waals surface area contributed by atoms with E-state index in [9.17, 15) is 18.3 Å². The Morgan fingerprint density at radius 2 is 2.00 bits per heavy atom. The lowest BCUT2D eigenvalue weighted by molar-refractivity contribution is 0.0515. The number of aliphatic hydroxyl groups excluding tert-OH is 1. The Morgan fingerprint density at radius 1 is 1.32 bits per heavy atom. The first-order chi connectivity index (χ1) is 11.8. The van der Waals surface area contributed by atoms with Crippen molar-refractivity contribution in [2.75, 3.05) is 12.3 Å². The summed E-state index contributed by atoms with van der Waals surface area (Å²) in [5.74, 6) is 0.0227. The van der Waals surface area contributed by atoms with Crippen molar-refractivity contribution < 1.29 is 18.3 Å². The van der Waals surface area contributed by atoms with Crippen molar-refractivity contribution in [3.8, 4) is 0 Å². The number of nitrogens with one attached hydrogen (secondary N) is 1. The van der Waals surface area contributed by atoms with Crippen LogP contribution in [-0.4, -0.2) is 48.8 Å². The van der Waals surface area contributed by atoms with Crippen LogP contribution in [-0.2, 0) is 16.6 Å². The van der Waals surface area contributed by atoms with Gasteiger partial charge in [-0.25, -0.2) is 13.1 Å². The molecule has 1 saturated heterocycles. The fourth-order valence-electron chi connectivity index (χ4n) is 3.13. The van der Waals surface area contributed by atoms with E-state index in [4.69, 9.17) is 0 Å². The highest BCUT2D eigenvalue weighted by Gasteiger charge is 2.28. The van der Waals surface area contributed by atoms with Gasteiger partial charge in [0.1, 0.15) is 0 Å². The summed E-state index contributed by atoms with van der Waals surface area (Å²) in [5, 5.41) is 9.66. The maximum atomic E-state index is 12.8. The maximum Gasteiger partial charge on any atom is 0.254 e. The number of carbonyl (C=O) groups excluding carboxylic acids is 1. The van der Waals surface area contributed by atoms with Gasteiger partial charge >= 0.3 is 0 Å². The third-order valence-electron chi connectivity index (χ3n) is 4.58. The van der Waals surface area contributed by atoms with Crippen LogP contribution in [0.4, 0.5) is 0 Å². The number of sulfonamides is 1. The molecule has 6 nitrogen and oxygen atoms in total. The zero-order valence-corrected chi connectivity index (χ0v) is 15.8. The van der Waals surface area contributed by atoms with Gasteiger partial charge in [-0.1, -0.05) is 12.1 Å². The van der Waals surface area contributed by atoms with E-state index in [1.165, 1.54) is 0 Å². The van der Waals surface area contributed by atoms with Crippen molar-refractivity contribution in [2.24, 2.45) is 0 Å². The number of rotatable bonds is 7. The largest absolute Gasteiger partial charge is 0.393 e. The standard InChI is InChI=1S/C18H28N2O4S/c1-3-25(23,24)19-13-15-7-9-16(10-8-15)18(22)20-11-5-4-6-17(20)12-14(2)21/h7-10,14,17,19,21H,3-6,11-13H2,1-2H3. The molecule has 1 fully saturated rings. The maximum absolute atomic E-state index is 12.8. The van der Waals surface area contributed by atoms with Gasteiger partial charge in [-0.2, -0.15) is 0 Å². The van der Waals surface area contributed by atoms with Crippen molar-refractivity contribution in [1.29, 1.82) is 0 Å². The summed E-state index contributed by atoms with van der Waals surface area (Å²) < 4.78 is 25.5. The van der Waals surface area contributed by atoms with E-state index >= 15 is 0 Å². The Balaban J connectivity index is 2.03. The average Bonchev–Trinajstić information content (AvgIpc) is 2.60. The molecule has 2 N–H and O–H groups in total. The lowest BCUT2D eigenvalue weighted by Gasteiger charge is -2.36. The quantitative estimate of drug-likeness (QED) is 0.769. The molecule has 0 aromatic heterocycles. The number of likely N-dealkylation sites (tertiary alicyclic amines) is 1. The summed E-state index contributed by atoms with van der Waals surface area (Å²) in [5.41, 5.74) is 1.41. The van der Waals surface area contributed by atoms with Crippen LogP contribution in [0.5, 0.6) is 0 Å². The summed E-state index contributed by atoms with van der Waals surface area (Å²) in [6.45, 7) is 4.28. The van der Waals surface area contributed by atoms with Crippen LogP contribution in [0.1, 0.15) is 55.5 Å². The Labute approximate surface area is 150 Å². The molecule has 0 bridgehead atoms. The minimum Gasteiger partial charge on any atom is -0.393 e. The molecule has 0 aliphatic carbocycles. The van der Waals surface area contributed by atoms with Crippen LogP contribution in [0, 0.1) is 0 Å². The molecule has 1 aliphatic heterocycles. The first kappa shape index (κ1) is 19.9. The Hall–Kier alpha value is -1.44. The fourth-order valence-corrected chi connectivity index (χ4v) is 3.72. The van der Waals surface area contributed by atoms with E-state index in [-0.39, 0.29) is 24.2 Å². The first-order valence-corrected chi connectivity index (χ1v) is 10.5. The second-order valence-corrected chi connectivity index (χ2v) is 8.75. The number of aliphatic hydroxyl groups is 1. The van der Waals surface area contributed by atoms with Crippen LogP contribution in [0.15, 0.2) is 24.3 Å². The van der Waals surface area contributed by atoms with Crippen molar-refractivity contribution in [1.82, 2.24) is 9.62 Å². The molecule has 7 heteroatoms. The lowest BCUT2D eigenvalue weighted by atomic mass is 9.96.